The van der Waals surface area contributed by atoms with Crippen LogP contribution >= 0.6 is 0 Å². The number of rotatable bonds is 6. The quantitative estimate of drug-likeness (QED) is 0.706. The van der Waals surface area contributed by atoms with E-state index in [1.807, 2.05) is 12.1 Å². The van der Waals surface area contributed by atoms with Gasteiger partial charge in [-0.05, 0) is 19.0 Å². The van der Waals surface area contributed by atoms with E-state index in [1.54, 1.807) is 13.3 Å². The molecule has 1 N–H and O–H groups in total. The fourth-order valence-corrected chi connectivity index (χ4v) is 1.25. The monoisotopic (exact) mass is 205 g/mol. The second-order valence-electron chi connectivity index (χ2n) is 3.15. The molecule has 0 amide bonds. The van der Waals surface area contributed by atoms with Crippen molar-refractivity contribution >= 4 is 0 Å². The maximum atomic E-state index is 8.80. The lowest BCUT2D eigenvalue weighted by Crippen LogP contribution is -2.17. The third kappa shape index (κ3) is 4.07. The molecular formula is C11H15N3O. The van der Waals surface area contributed by atoms with E-state index >= 15 is 0 Å². The minimum atomic E-state index is 0.497. The Balaban J connectivity index is 2.34. The predicted octanol–water partition coefficient (Wildman–Crippen LogP) is 1.08. The lowest BCUT2D eigenvalue weighted by molar-refractivity contribution is 0.194. The van der Waals surface area contributed by atoms with Gasteiger partial charge in [0.25, 0.3) is 0 Å². The van der Waals surface area contributed by atoms with Crippen molar-refractivity contribution in [1.29, 1.82) is 5.26 Å². The lowest BCUT2D eigenvalue weighted by Gasteiger charge is -2.05. The molecule has 0 aliphatic rings. The summed E-state index contributed by atoms with van der Waals surface area (Å²) in [5, 5.41) is 12.0. The first-order chi connectivity index (χ1) is 7.38. The van der Waals surface area contributed by atoms with Crippen LogP contribution in [0.1, 0.15) is 17.7 Å². The van der Waals surface area contributed by atoms with Gasteiger partial charge >= 0.3 is 0 Å². The normalized spacial score (nSPS) is 9.87. The molecule has 0 aliphatic carbocycles. The predicted molar refractivity (Wildman–Crippen MR) is 57.2 cm³/mol. The maximum absolute atomic E-state index is 8.80. The molecule has 0 fully saturated rings. The third-order valence-corrected chi connectivity index (χ3v) is 2.01. The Labute approximate surface area is 89.9 Å². The Morgan fingerprint density at radius 1 is 1.60 bits per heavy atom. The van der Waals surface area contributed by atoms with Gasteiger partial charge in [-0.15, -0.1) is 0 Å². The first-order valence-corrected chi connectivity index (χ1v) is 4.92. The second-order valence-corrected chi connectivity index (χ2v) is 3.15. The molecule has 0 saturated heterocycles. The number of nitrogens with one attached hydrogen (secondary N) is 1. The fourth-order valence-electron chi connectivity index (χ4n) is 1.25. The average Bonchev–Trinajstić information content (AvgIpc) is 2.29. The number of pyridine rings is 1. The summed E-state index contributed by atoms with van der Waals surface area (Å²) in [6.45, 7) is 2.32. The Morgan fingerprint density at radius 2 is 2.47 bits per heavy atom. The van der Waals surface area contributed by atoms with Gasteiger partial charge in [-0.3, -0.25) is 0 Å². The highest BCUT2D eigenvalue weighted by Crippen LogP contribution is 2.02. The number of aromatic nitrogens is 1. The van der Waals surface area contributed by atoms with Crippen LogP contribution in [-0.2, 0) is 11.3 Å². The van der Waals surface area contributed by atoms with Crippen LogP contribution < -0.4 is 5.32 Å². The zero-order valence-corrected chi connectivity index (χ0v) is 8.86. The Hall–Kier alpha value is -1.44. The van der Waals surface area contributed by atoms with Gasteiger partial charge < -0.3 is 10.1 Å². The molecule has 0 aliphatic heterocycles. The standard InChI is InChI=1S/C11H15N3O/c1-15-7-3-5-13-9-10-4-2-6-14-11(10)8-12/h2,4,6,13H,3,5,7,9H2,1H3. The van der Waals surface area contributed by atoms with E-state index in [1.165, 1.54) is 0 Å². The molecule has 4 nitrogen and oxygen atoms in total. The van der Waals surface area contributed by atoms with Gasteiger partial charge in [-0.1, -0.05) is 6.07 Å². The molecule has 1 aromatic heterocycles. The number of methoxy groups -OCH3 is 1. The molecule has 0 radical (unpaired) electrons. The topological polar surface area (TPSA) is 57.9 Å². The summed E-state index contributed by atoms with van der Waals surface area (Å²) in [7, 11) is 1.69. The van der Waals surface area contributed by atoms with Gasteiger partial charge in [0.2, 0.25) is 0 Å². The van der Waals surface area contributed by atoms with Crippen LogP contribution in [0.2, 0.25) is 0 Å². The van der Waals surface area contributed by atoms with Gasteiger partial charge in [0.15, 0.2) is 0 Å². The first-order valence-electron chi connectivity index (χ1n) is 4.92. The van der Waals surface area contributed by atoms with Gasteiger partial charge in [0, 0.05) is 32.0 Å². The Bertz CT molecular complexity index is 333. The van der Waals surface area contributed by atoms with Crippen molar-refractivity contribution in [2.45, 2.75) is 13.0 Å². The average molecular weight is 205 g/mol. The molecule has 0 spiro atoms. The number of hydrogen-bond donors (Lipinski definition) is 1. The highest BCUT2D eigenvalue weighted by atomic mass is 16.5. The molecule has 80 valence electrons. The molecule has 1 heterocycles. The smallest absolute Gasteiger partial charge is 0.144 e. The van der Waals surface area contributed by atoms with Crippen molar-refractivity contribution in [2.24, 2.45) is 0 Å². The van der Waals surface area contributed by atoms with E-state index < -0.39 is 0 Å². The number of nitriles is 1. The second kappa shape index (κ2) is 6.93. The van der Waals surface area contributed by atoms with Crippen LogP contribution in [0.3, 0.4) is 0 Å². The lowest BCUT2D eigenvalue weighted by atomic mass is 10.2. The minimum Gasteiger partial charge on any atom is -0.385 e. The van der Waals surface area contributed by atoms with Crippen LogP contribution in [0.25, 0.3) is 0 Å². The van der Waals surface area contributed by atoms with Crippen molar-refractivity contribution in [3.63, 3.8) is 0 Å². The molecule has 1 rings (SSSR count). The van der Waals surface area contributed by atoms with Crippen LogP contribution in [-0.4, -0.2) is 25.2 Å². The highest BCUT2D eigenvalue weighted by molar-refractivity contribution is 5.30. The van der Waals surface area contributed by atoms with E-state index in [4.69, 9.17) is 10.00 Å². The molecule has 4 heteroatoms. The summed E-state index contributed by atoms with van der Waals surface area (Å²) in [4.78, 5) is 3.99. The molecule has 0 atom stereocenters. The summed E-state index contributed by atoms with van der Waals surface area (Å²) in [5.41, 5.74) is 1.44. The summed E-state index contributed by atoms with van der Waals surface area (Å²) in [6.07, 6.45) is 2.60. The zero-order chi connectivity index (χ0) is 10.9. The van der Waals surface area contributed by atoms with E-state index in [9.17, 15) is 0 Å². The zero-order valence-electron chi connectivity index (χ0n) is 8.86. The first kappa shape index (κ1) is 11.6. The van der Waals surface area contributed by atoms with E-state index in [0.29, 0.717) is 12.2 Å². The molecule has 0 aromatic carbocycles. The van der Waals surface area contributed by atoms with E-state index in [2.05, 4.69) is 16.4 Å². The van der Waals surface area contributed by atoms with Crippen molar-refractivity contribution in [3.05, 3.63) is 29.6 Å². The molecule has 0 unspecified atom stereocenters. The number of hydrogen-bond acceptors (Lipinski definition) is 4. The third-order valence-electron chi connectivity index (χ3n) is 2.01. The Morgan fingerprint density at radius 3 is 3.20 bits per heavy atom. The van der Waals surface area contributed by atoms with Gasteiger partial charge in [-0.2, -0.15) is 5.26 Å². The number of ether oxygens (including phenoxy) is 1. The summed E-state index contributed by atoms with van der Waals surface area (Å²) >= 11 is 0. The summed E-state index contributed by atoms with van der Waals surface area (Å²) < 4.78 is 4.93. The molecule has 15 heavy (non-hydrogen) atoms. The van der Waals surface area contributed by atoms with Crippen molar-refractivity contribution in [2.75, 3.05) is 20.3 Å². The van der Waals surface area contributed by atoms with Gasteiger partial charge in [0.1, 0.15) is 11.8 Å². The SMILES string of the molecule is COCCCNCc1cccnc1C#N. The number of nitrogens with zero attached hydrogens (tertiary/aromatic N) is 2. The molecule has 0 saturated carbocycles. The van der Waals surface area contributed by atoms with E-state index in [-0.39, 0.29) is 0 Å². The van der Waals surface area contributed by atoms with Crippen LogP contribution in [0.4, 0.5) is 0 Å². The summed E-state index contributed by atoms with van der Waals surface area (Å²) in [6, 6.07) is 5.82. The van der Waals surface area contributed by atoms with Crippen molar-refractivity contribution < 1.29 is 4.74 Å². The summed E-state index contributed by atoms with van der Waals surface area (Å²) in [5.74, 6) is 0. The molecule has 1 aromatic rings. The maximum Gasteiger partial charge on any atom is 0.144 e. The molecular weight excluding hydrogens is 190 g/mol. The van der Waals surface area contributed by atoms with Crippen molar-refractivity contribution in [3.8, 4) is 6.07 Å². The highest BCUT2D eigenvalue weighted by Gasteiger charge is 2.00. The van der Waals surface area contributed by atoms with Crippen LogP contribution in [0.5, 0.6) is 0 Å². The fraction of sp³-hybridized carbons (Fsp3) is 0.455. The largest absolute Gasteiger partial charge is 0.385 e. The minimum absolute atomic E-state index is 0.497. The van der Waals surface area contributed by atoms with Gasteiger partial charge in [-0.25, -0.2) is 4.98 Å². The Kier molecular flexibility index (Phi) is 5.38. The molecule has 0 bridgehead atoms. The van der Waals surface area contributed by atoms with Crippen LogP contribution in [0.15, 0.2) is 18.3 Å². The van der Waals surface area contributed by atoms with Crippen LogP contribution in [0, 0.1) is 11.3 Å². The van der Waals surface area contributed by atoms with Crippen molar-refractivity contribution in [1.82, 2.24) is 10.3 Å². The van der Waals surface area contributed by atoms with Gasteiger partial charge in [0.05, 0.1) is 0 Å². The van der Waals surface area contributed by atoms with E-state index in [0.717, 1.165) is 25.1 Å².